The highest BCUT2D eigenvalue weighted by molar-refractivity contribution is 7.47. The van der Waals surface area contributed by atoms with Crippen molar-refractivity contribution in [2.24, 2.45) is 11.8 Å². The second-order valence-electron chi connectivity index (χ2n) is 24.1. The Kier molecular flexibility index (Phi) is 56.3. The molecule has 0 bridgehead atoms. The van der Waals surface area contributed by atoms with Gasteiger partial charge >= 0.3 is 39.5 Å². The van der Waals surface area contributed by atoms with Crippen molar-refractivity contribution in [1.29, 1.82) is 0 Å². The fourth-order valence-corrected chi connectivity index (χ4v) is 10.9. The number of allylic oxidation sites excluding steroid dienone is 4. The van der Waals surface area contributed by atoms with Crippen LogP contribution < -0.4 is 0 Å². The monoisotopic (exact) mass is 1250 g/mol. The first-order chi connectivity index (χ1) is 40.9. The highest BCUT2D eigenvalue weighted by atomic mass is 31.2. The molecule has 0 saturated carbocycles. The quantitative estimate of drug-likeness (QED) is 0.0169. The van der Waals surface area contributed by atoms with E-state index in [9.17, 15) is 43.2 Å². The number of ether oxygens (including phenoxy) is 4. The summed E-state index contributed by atoms with van der Waals surface area (Å²) in [6.07, 6.45) is 44.0. The van der Waals surface area contributed by atoms with Gasteiger partial charge in [-0.05, 0) is 63.2 Å². The molecule has 0 aromatic heterocycles. The van der Waals surface area contributed by atoms with E-state index in [0.717, 1.165) is 127 Å². The number of phosphoric acid groups is 2. The summed E-state index contributed by atoms with van der Waals surface area (Å²) in [5.41, 5.74) is 0. The molecule has 0 saturated heterocycles. The molecule has 0 radical (unpaired) electrons. The second-order valence-corrected chi connectivity index (χ2v) is 27.0. The maximum atomic E-state index is 13.0. The summed E-state index contributed by atoms with van der Waals surface area (Å²) in [6, 6.07) is 0. The molecule has 19 heteroatoms. The molecule has 0 fully saturated rings. The van der Waals surface area contributed by atoms with Crippen LogP contribution in [0.1, 0.15) is 305 Å². The fraction of sp³-hybridized carbons (Fsp3) is 0.879. The van der Waals surface area contributed by atoms with E-state index < -0.39 is 97.5 Å². The normalized spacial score (nSPS) is 14.4. The molecule has 0 rings (SSSR count). The molecule has 0 spiro atoms. The standard InChI is InChI=1S/C66H124O17P2/c1-7-9-11-13-15-17-18-19-20-21-22-23-32-38-44-50-65(70)82-62(55-77-64(69)49-43-37-31-26-24-28-34-40-46-58(3)4)57-81-85(74,75)79-53-60(67)52-78-84(72,73)80-56-61(54-76-63(68)48-42-36-30-16-14-12-10-8-2)83-66(71)51-45-39-33-27-25-29-35-41-47-59(5)6/h17-20,58-62,67H,7-16,21-57H2,1-6H3,(H,72,73)(H,74,75)/b18-17-,20-19-/t60-,61+,62+/m0/s1. The summed E-state index contributed by atoms with van der Waals surface area (Å²) in [5, 5.41) is 10.5. The van der Waals surface area contributed by atoms with Crippen LogP contribution >= 0.6 is 15.6 Å². The lowest BCUT2D eigenvalue weighted by molar-refractivity contribution is -0.161. The summed E-state index contributed by atoms with van der Waals surface area (Å²) in [5.74, 6) is -0.726. The van der Waals surface area contributed by atoms with Gasteiger partial charge in [-0.2, -0.15) is 0 Å². The van der Waals surface area contributed by atoms with Gasteiger partial charge in [0, 0.05) is 25.7 Å². The Hall–Kier alpha value is -2.46. The molecule has 500 valence electrons. The van der Waals surface area contributed by atoms with Crippen molar-refractivity contribution in [3.8, 4) is 0 Å². The zero-order chi connectivity index (χ0) is 62.9. The lowest BCUT2D eigenvalue weighted by Gasteiger charge is -2.21. The smallest absolute Gasteiger partial charge is 0.462 e. The summed E-state index contributed by atoms with van der Waals surface area (Å²) in [6.45, 7) is 9.34. The molecule has 0 aromatic carbocycles. The van der Waals surface area contributed by atoms with Crippen molar-refractivity contribution >= 4 is 39.5 Å². The van der Waals surface area contributed by atoms with Crippen LogP contribution in [0.3, 0.4) is 0 Å². The van der Waals surface area contributed by atoms with Gasteiger partial charge in [-0.25, -0.2) is 9.13 Å². The number of carbonyl (C=O) groups excluding carboxylic acids is 4. The lowest BCUT2D eigenvalue weighted by atomic mass is 10.0. The van der Waals surface area contributed by atoms with E-state index in [0.29, 0.717) is 25.7 Å². The predicted molar refractivity (Wildman–Crippen MR) is 340 cm³/mol. The molecule has 0 amide bonds. The maximum Gasteiger partial charge on any atom is 0.472 e. The molecule has 0 aromatic rings. The Morgan fingerprint density at radius 2 is 0.635 bits per heavy atom. The third-order valence-corrected chi connectivity index (χ3v) is 16.5. The van der Waals surface area contributed by atoms with Crippen LogP contribution in [0, 0.1) is 11.8 Å². The highest BCUT2D eigenvalue weighted by Gasteiger charge is 2.30. The van der Waals surface area contributed by atoms with E-state index in [4.69, 9.17) is 37.0 Å². The summed E-state index contributed by atoms with van der Waals surface area (Å²) < 4.78 is 68.0. The highest BCUT2D eigenvalue weighted by Crippen LogP contribution is 2.45. The Morgan fingerprint density at radius 3 is 0.965 bits per heavy atom. The number of rotatable bonds is 63. The molecule has 0 heterocycles. The number of phosphoric ester groups is 2. The van der Waals surface area contributed by atoms with Crippen molar-refractivity contribution in [2.45, 2.75) is 323 Å². The Labute approximate surface area is 516 Å². The third kappa shape index (κ3) is 60.2. The Bertz CT molecular complexity index is 1760. The van der Waals surface area contributed by atoms with Crippen LogP contribution in [0.4, 0.5) is 0 Å². The van der Waals surface area contributed by atoms with Gasteiger partial charge in [0.25, 0.3) is 0 Å². The molecule has 17 nitrogen and oxygen atoms in total. The zero-order valence-corrected chi connectivity index (χ0v) is 56.2. The van der Waals surface area contributed by atoms with Crippen molar-refractivity contribution in [3.63, 3.8) is 0 Å². The molecule has 2 unspecified atom stereocenters. The van der Waals surface area contributed by atoms with Crippen LogP contribution in [0.5, 0.6) is 0 Å². The second kappa shape index (κ2) is 57.9. The van der Waals surface area contributed by atoms with Crippen molar-refractivity contribution in [1.82, 2.24) is 0 Å². The van der Waals surface area contributed by atoms with Crippen LogP contribution in [0.15, 0.2) is 24.3 Å². The lowest BCUT2D eigenvalue weighted by Crippen LogP contribution is -2.30. The van der Waals surface area contributed by atoms with Gasteiger partial charge in [-0.3, -0.25) is 37.3 Å². The third-order valence-electron chi connectivity index (χ3n) is 14.6. The number of hydrogen-bond acceptors (Lipinski definition) is 15. The molecule has 0 aliphatic rings. The van der Waals surface area contributed by atoms with E-state index in [1.807, 2.05) is 0 Å². The molecule has 0 aliphatic heterocycles. The first-order valence-corrected chi connectivity index (χ1v) is 36.8. The average Bonchev–Trinajstić information content (AvgIpc) is 3.63. The SMILES string of the molecule is CCCCCC/C=C\C=C/CCCCCCCC(=O)O[C@H](COC(=O)CCCCCCCCCCC(C)C)COP(=O)(O)OC[C@@H](O)COP(=O)(O)OC[C@@H](COC(=O)CCCCCCCCCC)OC(=O)CCCCCCCCCCC(C)C. The van der Waals surface area contributed by atoms with Gasteiger partial charge in [-0.1, -0.05) is 252 Å². The van der Waals surface area contributed by atoms with Crippen LogP contribution in [0.2, 0.25) is 0 Å². The average molecular weight is 1250 g/mol. The molecular formula is C66H124O17P2. The van der Waals surface area contributed by atoms with Gasteiger partial charge in [0.05, 0.1) is 26.4 Å². The van der Waals surface area contributed by atoms with Gasteiger partial charge in [0.15, 0.2) is 12.2 Å². The van der Waals surface area contributed by atoms with E-state index in [-0.39, 0.29) is 25.7 Å². The van der Waals surface area contributed by atoms with Crippen molar-refractivity contribution in [3.05, 3.63) is 24.3 Å². The number of carbonyl (C=O) groups is 4. The minimum atomic E-state index is -4.95. The van der Waals surface area contributed by atoms with E-state index in [1.165, 1.54) is 96.3 Å². The van der Waals surface area contributed by atoms with Crippen LogP contribution in [-0.4, -0.2) is 96.7 Å². The fourth-order valence-electron chi connectivity index (χ4n) is 9.34. The molecule has 85 heavy (non-hydrogen) atoms. The maximum absolute atomic E-state index is 13.0. The topological polar surface area (TPSA) is 237 Å². The van der Waals surface area contributed by atoms with Crippen LogP contribution in [0.25, 0.3) is 0 Å². The minimum Gasteiger partial charge on any atom is -0.462 e. The van der Waals surface area contributed by atoms with Gasteiger partial charge in [-0.15, -0.1) is 0 Å². The zero-order valence-electron chi connectivity index (χ0n) is 54.4. The first-order valence-electron chi connectivity index (χ1n) is 33.8. The predicted octanol–water partition coefficient (Wildman–Crippen LogP) is 18.0. The minimum absolute atomic E-state index is 0.0841. The number of unbranched alkanes of at least 4 members (excludes halogenated alkanes) is 30. The Balaban J connectivity index is 5.27. The van der Waals surface area contributed by atoms with Gasteiger partial charge < -0.3 is 33.8 Å². The van der Waals surface area contributed by atoms with Gasteiger partial charge in [0.1, 0.15) is 19.3 Å². The summed E-state index contributed by atoms with van der Waals surface area (Å²) in [4.78, 5) is 72.2. The van der Waals surface area contributed by atoms with Crippen molar-refractivity contribution in [2.75, 3.05) is 39.6 Å². The number of hydrogen-bond donors (Lipinski definition) is 3. The van der Waals surface area contributed by atoms with Crippen molar-refractivity contribution < 1.29 is 80.2 Å². The summed E-state index contributed by atoms with van der Waals surface area (Å²) >= 11 is 0. The molecule has 5 atom stereocenters. The summed E-state index contributed by atoms with van der Waals surface area (Å²) in [7, 11) is -9.90. The van der Waals surface area contributed by atoms with E-state index >= 15 is 0 Å². The number of esters is 4. The number of aliphatic hydroxyl groups is 1. The van der Waals surface area contributed by atoms with E-state index in [2.05, 4.69) is 65.8 Å². The largest absolute Gasteiger partial charge is 0.472 e. The molecule has 0 aliphatic carbocycles. The number of aliphatic hydroxyl groups excluding tert-OH is 1. The molecule has 3 N–H and O–H groups in total. The van der Waals surface area contributed by atoms with Gasteiger partial charge in [0.2, 0.25) is 0 Å². The van der Waals surface area contributed by atoms with Crippen LogP contribution in [-0.2, 0) is 65.4 Å². The van der Waals surface area contributed by atoms with E-state index in [1.54, 1.807) is 0 Å². The first kappa shape index (κ1) is 82.5. The Morgan fingerprint density at radius 1 is 0.365 bits per heavy atom. The molecular weight excluding hydrogens is 1130 g/mol.